The van der Waals surface area contributed by atoms with Crippen molar-refractivity contribution in [3.8, 4) is 5.75 Å². The topological polar surface area (TPSA) is 71.2 Å². The van der Waals surface area contributed by atoms with Gasteiger partial charge in [-0.3, -0.25) is 9.59 Å². The summed E-state index contributed by atoms with van der Waals surface area (Å²) in [6.07, 6.45) is 2.29. The summed E-state index contributed by atoms with van der Waals surface area (Å²) in [5, 5.41) is 3.05. The largest absolute Gasteiger partial charge is 0.496 e. The second-order valence-corrected chi connectivity index (χ2v) is 5.82. The zero-order chi connectivity index (χ0) is 15.7. The molecule has 1 aliphatic carbocycles. The van der Waals surface area contributed by atoms with Crippen molar-refractivity contribution in [1.29, 1.82) is 0 Å². The number of aromatic amines is 1. The van der Waals surface area contributed by atoms with Gasteiger partial charge in [0.05, 0.1) is 12.7 Å². The van der Waals surface area contributed by atoms with E-state index in [0.29, 0.717) is 11.5 Å². The average Bonchev–Trinajstić information content (AvgIpc) is 3.19. The molecule has 22 heavy (non-hydrogen) atoms. The van der Waals surface area contributed by atoms with Gasteiger partial charge in [-0.25, -0.2) is 0 Å². The van der Waals surface area contributed by atoms with Gasteiger partial charge in [0.15, 0.2) is 0 Å². The Morgan fingerprint density at radius 3 is 2.77 bits per heavy atom. The van der Waals surface area contributed by atoms with Crippen molar-refractivity contribution in [2.24, 2.45) is 0 Å². The molecule has 1 heterocycles. The number of pyridine rings is 1. The predicted molar refractivity (Wildman–Crippen MR) is 83.3 cm³/mol. The summed E-state index contributed by atoms with van der Waals surface area (Å²) in [7, 11) is 1.44. The number of carbonyl (C=O) groups excluding carboxylic acids is 1. The molecule has 0 unspecified atom stereocenters. The molecule has 114 valence electrons. The molecule has 0 radical (unpaired) electrons. The first-order valence-corrected chi connectivity index (χ1v) is 7.18. The lowest BCUT2D eigenvalue weighted by molar-refractivity contribution is 0.0930. The lowest BCUT2D eigenvalue weighted by Crippen LogP contribution is -2.36. The Balaban J connectivity index is 1.77. The molecular formula is C17H18N2O3. The number of hydrogen-bond donors (Lipinski definition) is 2. The van der Waals surface area contributed by atoms with Crippen LogP contribution in [0.25, 0.3) is 0 Å². The standard InChI is InChI=1S/C17H18N2O3/c1-17(9-13(17)11-6-4-3-5-7-11)19-16(21)12-10-18-15(20)8-14(12)22-2/h3-8,10,13H,9H2,1-2H3,(H,18,20)(H,19,21)/t13-,17+/m0/s1. The van der Waals surface area contributed by atoms with Crippen molar-refractivity contribution < 1.29 is 9.53 Å². The van der Waals surface area contributed by atoms with Crippen LogP contribution < -0.4 is 15.6 Å². The van der Waals surface area contributed by atoms with E-state index in [1.165, 1.54) is 24.9 Å². The quantitative estimate of drug-likeness (QED) is 0.907. The first-order valence-electron chi connectivity index (χ1n) is 7.18. The van der Waals surface area contributed by atoms with Crippen LogP contribution in [0.5, 0.6) is 5.75 Å². The molecule has 1 aromatic carbocycles. The number of hydrogen-bond acceptors (Lipinski definition) is 3. The summed E-state index contributed by atoms with van der Waals surface area (Å²) in [6.45, 7) is 2.03. The summed E-state index contributed by atoms with van der Waals surface area (Å²) in [5.41, 5.74) is 0.994. The Kier molecular flexibility index (Phi) is 3.48. The van der Waals surface area contributed by atoms with Gasteiger partial charge in [0.2, 0.25) is 0 Å². The molecule has 1 aromatic heterocycles. The van der Waals surface area contributed by atoms with Crippen LogP contribution in [0.15, 0.2) is 47.4 Å². The number of H-pyrrole nitrogens is 1. The fraction of sp³-hybridized carbons (Fsp3) is 0.294. The van der Waals surface area contributed by atoms with Crippen LogP contribution in [0, 0.1) is 0 Å². The first kappa shape index (κ1) is 14.4. The molecule has 0 spiro atoms. The number of aromatic nitrogens is 1. The molecule has 1 amide bonds. The zero-order valence-electron chi connectivity index (χ0n) is 12.6. The van der Waals surface area contributed by atoms with Gasteiger partial charge in [-0.2, -0.15) is 0 Å². The van der Waals surface area contributed by atoms with Crippen molar-refractivity contribution >= 4 is 5.91 Å². The maximum absolute atomic E-state index is 12.5. The fourth-order valence-electron chi connectivity index (χ4n) is 2.80. The van der Waals surface area contributed by atoms with Crippen LogP contribution in [0.4, 0.5) is 0 Å². The van der Waals surface area contributed by atoms with Gasteiger partial charge < -0.3 is 15.0 Å². The minimum atomic E-state index is -0.298. The summed E-state index contributed by atoms with van der Waals surface area (Å²) in [5.74, 6) is 0.349. The van der Waals surface area contributed by atoms with E-state index >= 15 is 0 Å². The first-order chi connectivity index (χ1) is 10.5. The highest BCUT2D eigenvalue weighted by Gasteiger charge is 2.52. The molecule has 5 heteroatoms. The van der Waals surface area contributed by atoms with Gasteiger partial charge in [0.1, 0.15) is 5.75 Å². The van der Waals surface area contributed by atoms with Gasteiger partial charge in [-0.15, -0.1) is 0 Å². The van der Waals surface area contributed by atoms with Crippen molar-refractivity contribution in [2.75, 3.05) is 7.11 Å². The van der Waals surface area contributed by atoms with E-state index in [1.54, 1.807) is 0 Å². The predicted octanol–water partition coefficient (Wildman–Crippen LogP) is 2.06. The monoisotopic (exact) mass is 298 g/mol. The average molecular weight is 298 g/mol. The third kappa shape index (κ3) is 2.62. The van der Waals surface area contributed by atoms with E-state index in [9.17, 15) is 9.59 Å². The number of nitrogens with one attached hydrogen (secondary N) is 2. The van der Waals surface area contributed by atoms with E-state index < -0.39 is 0 Å². The highest BCUT2D eigenvalue weighted by molar-refractivity contribution is 5.97. The Morgan fingerprint density at radius 2 is 2.09 bits per heavy atom. The number of methoxy groups -OCH3 is 1. The minimum absolute atomic E-state index is 0.242. The van der Waals surface area contributed by atoms with E-state index in [1.807, 2.05) is 25.1 Å². The molecule has 3 rings (SSSR count). The van der Waals surface area contributed by atoms with Crippen molar-refractivity contribution in [3.05, 3.63) is 64.1 Å². The smallest absolute Gasteiger partial charge is 0.256 e. The van der Waals surface area contributed by atoms with Gasteiger partial charge in [0, 0.05) is 23.7 Å². The van der Waals surface area contributed by atoms with Crippen LogP contribution in [0.2, 0.25) is 0 Å². The molecule has 2 aromatic rings. The highest BCUT2D eigenvalue weighted by atomic mass is 16.5. The van der Waals surface area contributed by atoms with Crippen LogP contribution in [0.1, 0.15) is 35.2 Å². The lowest BCUT2D eigenvalue weighted by Gasteiger charge is -2.15. The molecule has 5 nitrogen and oxygen atoms in total. The Bertz CT molecular complexity index is 754. The number of rotatable bonds is 4. The maximum atomic E-state index is 12.5. The van der Waals surface area contributed by atoms with Crippen LogP contribution in [0.3, 0.4) is 0 Å². The van der Waals surface area contributed by atoms with E-state index in [4.69, 9.17) is 4.74 Å². The van der Waals surface area contributed by atoms with Crippen LogP contribution >= 0.6 is 0 Å². The molecule has 0 aliphatic heterocycles. The maximum Gasteiger partial charge on any atom is 0.256 e. The van der Waals surface area contributed by atoms with Gasteiger partial charge >= 0.3 is 0 Å². The summed E-state index contributed by atoms with van der Waals surface area (Å²) < 4.78 is 5.11. The number of ether oxygens (including phenoxy) is 1. The number of carbonyl (C=O) groups is 1. The molecule has 2 N–H and O–H groups in total. The fourth-order valence-corrected chi connectivity index (χ4v) is 2.80. The van der Waals surface area contributed by atoms with Crippen LogP contribution in [-0.4, -0.2) is 23.5 Å². The van der Waals surface area contributed by atoms with Gasteiger partial charge in [-0.05, 0) is 18.9 Å². The summed E-state index contributed by atoms with van der Waals surface area (Å²) >= 11 is 0. The Hall–Kier alpha value is -2.56. The second-order valence-electron chi connectivity index (χ2n) is 5.82. The zero-order valence-corrected chi connectivity index (χ0v) is 12.6. The summed E-state index contributed by atoms with van der Waals surface area (Å²) in [6, 6.07) is 11.4. The number of benzene rings is 1. The Morgan fingerprint density at radius 1 is 1.36 bits per heavy atom. The van der Waals surface area contributed by atoms with Crippen LogP contribution in [-0.2, 0) is 0 Å². The lowest BCUT2D eigenvalue weighted by atomic mass is 10.1. The molecular weight excluding hydrogens is 280 g/mol. The van der Waals surface area contributed by atoms with Crippen molar-refractivity contribution in [1.82, 2.24) is 10.3 Å². The third-order valence-electron chi connectivity index (χ3n) is 4.19. The second kappa shape index (κ2) is 5.33. The van der Waals surface area contributed by atoms with E-state index in [-0.39, 0.29) is 22.8 Å². The minimum Gasteiger partial charge on any atom is -0.496 e. The Labute approximate surface area is 128 Å². The van der Waals surface area contributed by atoms with E-state index in [0.717, 1.165) is 6.42 Å². The molecule has 0 saturated heterocycles. The summed E-state index contributed by atoms with van der Waals surface area (Å²) in [4.78, 5) is 26.3. The third-order valence-corrected chi connectivity index (χ3v) is 4.19. The van der Waals surface area contributed by atoms with Crippen molar-refractivity contribution in [3.63, 3.8) is 0 Å². The van der Waals surface area contributed by atoms with Gasteiger partial charge in [-0.1, -0.05) is 30.3 Å². The van der Waals surface area contributed by atoms with Gasteiger partial charge in [0.25, 0.3) is 11.5 Å². The number of amides is 1. The molecule has 1 saturated carbocycles. The molecule has 2 atom stereocenters. The van der Waals surface area contributed by atoms with E-state index in [2.05, 4.69) is 22.4 Å². The molecule has 0 bridgehead atoms. The highest BCUT2D eigenvalue weighted by Crippen LogP contribution is 2.51. The molecule has 1 aliphatic rings. The SMILES string of the molecule is COc1cc(=O)[nH]cc1C(=O)N[C@]1(C)C[C@H]1c1ccccc1. The van der Waals surface area contributed by atoms with Crippen molar-refractivity contribution in [2.45, 2.75) is 24.8 Å². The normalized spacial score (nSPS) is 22.9. The molecule has 1 fully saturated rings.